The number of thioether (sulfide) groups is 1. The van der Waals surface area contributed by atoms with Crippen molar-refractivity contribution < 1.29 is 13.6 Å². The standard InChI is InChI=1S/C14H18BrF2NOS/c1-3-8-18(9-13(16)17)14(19)10(2)20-12-6-4-11(15)5-7-12/h4-7,10,13H,3,8-9H2,1-2H3. The Labute approximate surface area is 131 Å². The van der Waals surface area contributed by atoms with Crippen LogP contribution >= 0.6 is 27.7 Å². The monoisotopic (exact) mass is 365 g/mol. The molecule has 0 saturated carbocycles. The first-order valence-electron chi connectivity index (χ1n) is 6.43. The van der Waals surface area contributed by atoms with Gasteiger partial charge in [-0.25, -0.2) is 8.78 Å². The van der Waals surface area contributed by atoms with Crippen LogP contribution in [0.2, 0.25) is 0 Å². The fourth-order valence-corrected chi connectivity index (χ4v) is 2.97. The molecule has 112 valence electrons. The highest BCUT2D eigenvalue weighted by molar-refractivity contribution is 9.10. The highest BCUT2D eigenvalue weighted by atomic mass is 79.9. The summed E-state index contributed by atoms with van der Waals surface area (Å²) in [5.74, 6) is -0.236. The third-order valence-electron chi connectivity index (χ3n) is 2.64. The molecule has 6 heteroatoms. The molecule has 1 atom stereocenters. The second kappa shape index (κ2) is 8.62. The summed E-state index contributed by atoms with van der Waals surface area (Å²) in [4.78, 5) is 14.4. The molecule has 0 N–H and O–H groups in total. The molecule has 0 aromatic heterocycles. The number of rotatable bonds is 7. The Kier molecular flexibility index (Phi) is 7.51. The molecular weight excluding hydrogens is 348 g/mol. The molecule has 0 heterocycles. The lowest BCUT2D eigenvalue weighted by atomic mass is 10.3. The molecule has 1 unspecified atom stereocenters. The number of benzene rings is 1. The number of hydrogen-bond acceptors (Lipinski definition) is 2. The first-order chi connectivity index (χ1) is 9.43. The van der Waals surface area contributed by atoms with E-state index in [0.717, 1.165) is 9.37 Å². The van der Waals surface area contributed by atoms with E-state index in [9.17, 15) is 13.6 Å². The van der Waals surface area contributed by atoms with Gasteiger partial charge in [-0.1, -0.05) is 22.9 Å². The normalized spacial score (nSPS) is 12.5. The van der Waals surface area contributed by atoms with E-state index in [4.69, 9.17) is 0 Å². The summed E-state index contributed by atoms with van der Waals surface area (Å²) in [7, 11) is 0. The number of carbonyl (C=O) groups is 1. The number of hydrogen-bond donors (Lipinski definition) is 0. The summed E-state index contributed by atoms with van der Waals surface area (Å²) in [6, 6.07) is 7.58. The molecule has 0 spiro atoms. The molecule has 2 nitrogen and oxygen atoms in total. The Morgan fingerprint density at radius 3 is 2.45 bits per heavy atom. The van der Waals surface area contributed by atoms with E-state index in [1.54, 1.807) is 6.92 Å². The summed E-state index contributed by atoms with van der Waals surface area (Å²) in [6.45, 7) is 3.51. The lowest BCUT2D eigenvalue weighted by Crippen LogP contribution is -2.40. The van der Waals surface area contributed by atoms with Gasteiger partial charge in [-0.3, -0.25) is 4.79 Å². The summed E-state index contributed by atoms with van der Waals surface area (Å²) in [6.07, 6.45) is -1.82. The molecule has 0 fully saturated rings. The third-order valence-corrected chi connectivity index (χ3v) is 4.27. The van der Waals surface area contributed by atoms with Crippen LogP contribution in [0.4, 0.5) is 8.78 Å². The first kappa shape index (κ1) is 17.4. The smallest absolute Gasteiger partial charge is 0.255 e. The SMILES string of the molecule is CCCN(CC(F)F)C(=O)C(C)Sc1ccc(Br)cc1. The topological polar surface area (TPSA) is 20.3 Å². The van der Waals surface area contributed by atoms with Crippen LogP contribution in [0.3, 0.4) is 0 Å². The number of alkyl halides is 2. The average Bonchev–Trinajstić information content (AvgIpc) is 2.39. The van der Waals surface area contributed by atoms with Gasteiger partial charge in [-0.15, -0.1) is 11.8 Å². The summed E-state index contributed by atoms with van der Waals surface area (Å²) >= 11 is 4.73. The number of amides is 1. The minimum atomic E-state index is -2.49. The molecule has 20 heavy (non-hydrogen) atoms. The quantitative estimate of drug-likeness (QED) is 0.666. The zero-order chi connectivity index (χ0) is 15.1. The molecule has 0 bridgehead atoms. The van der Waals surface area contributed by atoms with Crippen LogP contribution in [0.5, 0.6) is 0 Å². The molecule has 1 aromatic rings. The Balaban J connectivity index is 2.65. The maximum Gasteiger partial charge on any atom is 0.255 e. The average molecular weight is 366 g/mol. The van der Waals surface area contributed by atoms with Gasteiger partial charge in [0.25, 0.3) is 6.43 Å². The molecule has 0 aliphatic heterocycles. The Bertz CT molecular complexity index is 428. The molecule has 1 aromatic carbocycles. The molecule has 0 saturated heterocycles. The van der Waals surface area contributed by atoms with Crippen molar-refractivity contribution in [1.29, 1.82) is 0 Å². The van der Waals surface area contributed by atoms with Crippen molar-refractivity contribution in [1.82, 2.24) is 4.90 Å². The van der Waals surface area contributed by atoms with E-state index in [0.29, 0.717) is 13.0 Å². The molecular formula is C14H18BrF2NOS. The van der Waals surface area contributed by atoms with Crippen molar-refractivity contribution in [2.75, 3.05) is 13.1 Å². The van der Waals surface area contributed by atoms with Crippen LogP contribution in [0, 0.1) is 0 Å². The maximum absolute atomic E-state index is 12.5. The Morgan fingerprint density at radius 2 is 1.95 bits per heavy atom. The highest BCUT2D eigenvalue weighted by Gasteiger charge is 2.23. The van der Waals surface area contributed by atoms with Crippen molar-refractivity contribution in [3.05, 3.63) is 28.7 Å². The molecule has 1 rings (SSSR count). The van der Waals surface area contributed by atoms with Gasteiger partial charge in [0.05, 0.1) is 11.8 Å². The van der Waals surface area contributed by atoms with Crippen molar-refractivity contribution in [2.45, 2.75) is 36.8 Å². The number of nitrogens with zero attached hydrogens (tertiary/aromatic N) is 1. The lowest BCUT2D eigenvalue weighted by molar-refractivity contribution is -0.132. The predicted octanol–water partition coefficient (Wildman–Crippen LogP) is 4.43. The van der Waals surface area contributed by atoms with Gasteiger partial charge < -0.3 is 4.90 Å². The van der Waals surface area contributed by atoms with E-state index in [1.807, 2.05) is 31.2 Å². The van der Waals surface area contributed by atoms with Gasteiger partial charge in [-0.05, 0) is 37.6 Å². The van der Waals surface area contributed by atoms with Gasteiger partial charge >= 0.3 is 0 Å². The zero-order valence-electron chi connectivity index (χ0n) is 11.5. The van der Waals surface area contributed by atoms with Gasteiger partial charge in [0.2, 0.25) is 5.91 Å². The van der Waals surface area contributed by atoms with Gasteiger partial charge in [0.15, 0.2) is 0 Å². The van der Waals surface area contributed by atoms with Crippen LogP contribution in [-0.2, 0) is 4.79 Å². The molecule has 0 aliphatic rings. The van der Waals surface area contributed by atoms with E-state index < -0.39 is 13.0 Å². The fraction of sp³-hybridized carbons (Fsp3) is 0.500. The van der Waals surface area contributed by atoms with E-state index >= 15 is 0 Å². The molecule has 0 aliphatic carbocycles. The second-order valence-corrected chi connectivity index (χ2v) is 6.72. The second-order valence-electron chi connectivity index (χ2n) is 4.39. The lowest BCUT2D eigenvalue weighted by Gasteiger charge is -2.24. The van der Waals surface area contributed by atoms with E-state index in [2.05, 4.69) is 15.9 Å². The minimum Gasteiger partial charge on any atom is -0.336 e. The molecule has 0 radical (unpaired) electrons. The van der Waals surface area contributed by atoms with Gasteiger partial charge in [-0.2, -0.15) is 0 Å². The number of carbonyl (C=O) groups excluding carboxylic acids is 1. The van der Waals surface area contributed by atoms with E-state index in [1.165, 1.54) is 16.7 Å². The summed E-state index contributed by atoms with van der Waals surface area (Å²) in [5.41, 5.74) is 0. The third kappa shape index (κ3) is 5.79. The predicted molar refractivity (Wildman–Crippen MR) is 82.3 cm³/mol. The van der Waals surface area contributed by atoms with Crippen molar-refractivity contribution in [3.63, 3.8) is 0 Å². The first-order valence-corrected chi connectivity index (χ1v) is 8.10. The molecule has 1 amide bonds. The van der Waals surface area contributed by atoms with Crippen molar-refractivity contribution in [2.24, 2.45) is 0 Å². The largest absolute Gasteiger partial charge is 0.336 e. The van der Waals surface area contributed by atoms with Crippen LogP contribution in [0.25, 0.3) is 0 Å². The number of halogens is 3. The van der Waals surface area contributed by atoms with Crippen LogP contribution < -0.4 is 0 Å². The minimum absolute atomic E-state index is 0.236. The van der Waals surface area contributed by atoms with Gasteiger partial charge in [0.1, 0.15) is 0 Å². The van der Waals surface area contributed by atoms with Crippen molar-refractivity contribution in [3.8, 4) is 0 Å². The van der Waals surface area contributed by atoms with Crippen LogP contribution in [0.1, 0.15) is 20.3 Å². The Hall–Kier alpha value is -0.620. The summed E-state index contributed by atoms with van der Waals surface area (Å²) in [5, 5.41) is -0.374. The zero-order valence-corrected chi connectivity index (χ0v) is 13.9. The highest BCUT2D eigenvalue weighted by Crippen LogP contribution is 2.26. The Morgan fingerprint density at radius 1 is 1.35 bits per heavy atom. The van der Waals surface area contributed by atoms with Crippen LogP contribution in [0.15, 0.2) is 33.6 Å². The summed E-state index contributed by atoms with van der Waals surface area (Å²) < 4.78 is 26.0. The van der Waals surface area contributed by atoms with E-state index in [-0.39, 0.29) is 11.2 Å². The van der Waals surface area contributed by atoms with Crippen LogP contribution in [-0.4, -0.2) is 35.6 Å². The van der Waals surface area contributed by atoms with Gasteiger partial charge in [0, 0.05) is 15.9 Å². The maximum atomic E-state index is 12.5. The fourth-order valence-electron chi connectivity index (χ4n) is 1.75. The van der Waals surface area contributed by atoms with Crippen molar-refractivity contribution >= 4 is 33.6 Å².